The maximum Gasteiger partial charge on any atom is 0.165 e. The summed E-state index contributed by atoms with van der Waals surface area (Å²) in [6.07, 6.45) is 0. The molecule has 0 radical (unpaired) electrons. The fourth-order valence-electron chi connectivity index (χ4n) is 1.79. The minimum Gasteiger partial charge on any atom is -0.454 e. The van der Waals surface area contributed by atoms with Gasteiger partial charge in [0.25, 0.3) is 0 Å². The molecular formula is C15H14BrF2NO. The first-order chi connectivity index (χ1) is 9.38. The average Bonchev–Trinajstić information content (AvgIpc) is 2.37. The summed E-state index contributed by atoms with van der Waals surface area (Å²) in [6.45, 7) is 3.33. The van der Waals surface area contributed by atoms with Gasteiger partial charge in [0.05, 0.1) is 0 Å². The third-order valence-corrected chi connectivity index (χ3v) is 3.39. The summed E-state index contributed by atoms with van der Waals surface area (Å²) in [5, 5.41) is 0. The van der Waals surface area contributed by atoms with Crippen molar-refractivity contribution in [2.24, 2.45) is 5.73 Å². The van der Waals surface area contributed by atoms with Gasteiger partial charge in [-0.15, -0.1) is 0 Å². The third-order valence-electron chi connectivity index (χ3n) is 2.89. The van der Waals surface area contributed by atoms with Crippen LogP contribution in [0.15, 0.2) is 34.8 Å². The molecule has 5 heteroatoms. The number of ether oxygens (including phenoxy) is 1. The van der Waals surface area contributed by atoms with Gasteiger partial charge in [-0.2, -0.15) is 0 Å². The van der Waals surface area contributed by atoms with Crippen LogP contribution in [0.2, 0.25) is 0 Å². The monoisotopic (exact) mass is 341 g/mol. The number of rotatable bonds is 3. The smallest absolute Gasteiger partial charge is 0.165 e. The van der Waals surface area contributed by atoms with E-state index in [1.165, 1.54) is 24.3 Å². The predicted molar refractivity (Wildman–Crippen MR) is 77.9 cm³/mol. The van der Waals surface area contributed by atoms with E-state index in [9.17, 15) is 8.78 Å². The van der Waals surface area contributed by atoms with Crippen LogP contribution in [0.1, 0.15) is 24.1 Å². The van der Waals surface area contributed by atoms with E-state index >= 15 is 0 Å². The molecule has 0 saturated heterocycles. The van der Waals surface area contributed by atoms with Gasteiger partial charge in [-0.25, -0.2) is 8.78 Å². The molecule has 2 aromatic carbocycles. The van der Waals surface area contributed by atoms with Gasteiger partial charge in [0.15, 0.2) is 11.6 Å². The van der Waals surface area contributed by atoms with Crippen molar-refractivity contribution in [1.29, 1.82) is 0 Å². The van der Waals surface area contributed by atoms with Crippen LogP contribution in [-0.4, -0.2) is 0 Å². The summed E-state index contributed by atoms with van der Waals surface area (Å²) < 4.78 is 33.6. The van der Waals surface area contributed by atoms with Crippen molar-refractivity contribution in [2.75, 3.05) is 0 Å². The molecule has 0 aliphatic rings. The fraction of sp³-hybridized carbons (Fsp3) is 0.200. The summed E-state index contributed by atoms with van der Waals surface area (Å²) in [7, 11) is 0. The Bertz CT molecular complexity index is 644. The lowest BCUT2D eigenvalue weighted by atomic mass is 10.1. The predicted octanol–water partition coefficient (Wildman–Crippen LogP) is 4.85. The van der Waals surface area contributed by atoms with Crippen LogP contribution in [0, 0.1) is 18.6 Å². The largest absolute Gasteiger partial charge is 0.454 e. The highest BCUT2D eigenvalue weighted by Gasteiger charge is 2.14. The van der Waals surface area contributed by atoms with Crippen LogP contribution in [0.25, 0.3) is 0 Å². The zero-order valence-electron chi connectivity index (χ0n) is 11.1. The van der Waals surface area contributed by atoms with Gasteiger partial charge < -0.3 is 10.5 Å². The molecule has 106 valence electrons. The number of nitrogens with two attached hydrogens (primary N) is 1. The van der Waals surface area contributed by atoms with Crippen molar-refractivity contribution in [3.8, 4) is 11.5 Å². The van der Waals surface area contributed by atoms with Crippen molar-refractivity contribution in [3.05, 3.63) is 57.6 Å². The van der Waals surface area contributed by atoms with Gasteiger partial charge in [0.2, 0.25) is 0 Å². The Morgan fingerprint density at radius 2 is 1.80 bits per heavy atom. The SMILES string of the molecule is Cc1cc(Oc2cc(Br)ccc2F)c([C@@H](C)N)cc1F. The molecule has 2 nitrogen and oxygen atoms in total. The number of aryl methyl sites for hydroxylation is 1. The van der Waals surface area contributed by atoms with E-state index in [2.05, 4.69) is 15.9 Å². The van der Waals surface area contributed by atoms with Crippen molar-refractivity contribution >= 4 is 15.9 Å². The van der Waals surface area contributed by atoms with E-state index < -0.39 is 11.9 Å². The second-order valence-corrected chi connectivity index (χ2v) is 5.52. The first-order valence-corrected chi connectivity index (χ1v) is 6.86. The maximum absolute atomic E-state index is 13.7. The number of benzene rings is 2. The summed E-state index contributed by atoms with van der Waals surface area (Å²) in [4.78, 5) is 0. The first-order valence-electron chi connectivity index (χ1n) is 6.07. The van der Waals surface area contributed by atoms with Crippen LogP contribution in [0.4, 0.5) is 8.78 Å². The van der Waals surface area contributed by atoms with E-state index in [0.717, 1.165) is 0 Å². The molecule has 0 aromatic heterocycles. The lowest BCUT2D eigenvalue weighted by molar-refractivity contribution is 0.432. The lowest BCUT2D eigenvalue weighted by Crippen LogP contribution is -2.08. The highest BCUT2D eigenvalue weighted by molar-refractivity contribution is 9.10. The fourth-order valence-corrected chi connectivity index (χ4v) is 2.13. The van der Waals surface area contributed by atoms with Crippen LogP contribution in [-0.2, 0) is 0 Å². The Morgan fingerprint density at radius 3 is 2.45 bits per heavy atom. The van der Waals surface area contributed by atoms with Crippen LogP contribution in [0.5, 0.6) is 11.5 Å². The van der Waals surface area contributed by atoms with Crippen molar-refractivity contribution in [3.63, 3.8) is 0 Å². The average molecular weight is 342 g/mol. The summed E-state index contributed by atoms with van der Waals surface area (Å²) in [5.74, 6) is -0.437. The minimum absolute atomic E-state index is 0.0623. The topological polar surface area (TPSA) is 35.2 Å². The van der Waals surface area contributed by atoms with Gasteiger partial charge in [0.1, 0.15) is 11.6 Å². The van der Waals surface area contributed by atoms with Crippen molar-refractivity contribution in [2.45, 2.75) is 19.9 Å². The second-order valence-electron chi connectivity index (χ2n) is 4.60. The summed E-state index contributed by atoms with van der Waals surface area (Å²) in [5.41, 5.74) is 6.71. The molecular weight excluding hydrogens is 328 g/mol. The minimum atomic E-state index is -0.495. The van der Waals surface area contributed by atoms with Crippen LogP contribution in [0.3, 0.4) is 0 Å². The highest BCUT2D eigenvalue weighted by Crippen LogP contribution is 2.33. The van der Waals surface area contributed by atoms with Crippen LogP contribution < -0.4 is 10.5 Å². The molecule has 0 saturated carbocycles. The molecule has 0 unspecified atom stereocenters. The Labute approximate surface area is 124 Å². The zero-order chi connectivity index (χ0) is 14.9. The molecule has 0 aliphatic heterocycles. The Morgan fingerprint density at radius 1 is 1.10 bits per heavy atom. The normalized spacial score (nSPS) is 12.3. The van der Waals surface area contributed by atoms with Gasteiger partial charge >= 0.3 is 0 Å². The van der Waals surface area contributed by atoms with Crippen molar-refractivity contribution in [1.82, 2.24) is 0 Å². The Balaban J connectivity index is 2.47. The number of hydrogen-bond acceptors (Lipinski definition) is 2. The van der Waals surface area contributed by atoms with Crippen molar-refractivity contribution < 1.29 is 13.5 Å². The number of hydrogen-bond donors (Lipinski definition) is 1. The van der Waals surface area contributed by atoms with Gasteiger partial charge in [-0.05, 0) is 49.7 Å². The van der Waals surface area contributed by atoms with E-state index in [1.54, 1.807) is 19.9 Å². The third kappa shape index (κ3) is 3.16. The molecule has 2 rings (SSSR count). The molecule has 0 aliphatic carbocycles. The van der Waals surface area contributed by atoms with E-state index in [0.29, 0.717) is 21.3 Å². The van der Waals surface area contributed by atoms with E-state index in [4.69, 9.17) is 10.5 Å². The molecule has 0 bridgehead atoms. The maximum atomic E-state index is 13.7. The second kappa shape index (κ2) is 5.89. The van der Waals surface area contributed by atoms with E-state index in [-0.39, 0.29) is 11.6 Å². The molecule has 2 aromatic rings. The quantitative estimate of drug-likeness (QED) is 0.866. The molecule has 2 N–H and O–H groups in total. The lowest BCUT2D eigenvalue weighted by Gasteiger charge is -2.15. The first kappa shape index (κ1) is 14.9. The Hall–Kier alpha value is -1.46. The molecule has 0 fully saturated rings. The van der Waals surface area contributed by atoms with E-state index in [1.807, 2.05) is 0 Å². The molecule has 0 heterocycles. The molecule has 0 spiro atoms. The van der Waals surface area contributed by atoms with Crippen LogP contribution >= 0.6 is 15.9 Å². The number of halogens is 3. The molecule has 1 atom stereocenters. The summed E-state index contributed by atoms with van der Waals surface area (Å²) >= 11 is 3.25. The highest BCUT2D eigenvalue weighted by atomic mass is 79.9. The Kier molecular flexibility index (Phi) is 4.40. The van der Waals surface area contributed by atoms with Gasteiger partial charge in [-0.1, -0.05) is 15.9 Å². The standard InChI is InChI=1S/C15H14BrF2NO/c1-8-5-14(11(9(2)19)7-13(8)18)20-15-6-10(16)3-4-12(15)17/h3-7,9H,19H2,1-2H3/t9-/m1/s1. The zero-order valence-corrected chi connectivity index (χ0v) is 12.7. The van der Waals surface area contributed by atoms with Gasteiger partial charge in [-0.3, -0.25) is 0 Å². The molecule has 0 amide bonds. The summed E-state index contributed by atoms with van der Waals surface area (Å²) in [6, 6.07) is 6.81. The molecule has 20 heavy (non-hydrogen) atoms. The van der Waals surface area contributed by atoms with Gasteiger partial charge in [0, 0.05) is 16.1 Å².